The van der Waals surface area contributed by atoms with Crippen LogP contribution in [0.1, 0.15) is 40.7 Å². The van der Waals surface area contributed by atoms with E-state index in [4.69, 9.17) is 9.84 Å². The van der Waals surface area contributed by atoms with Crippen molar-refractivity contribution in [2.24, 2.45) is 0 Å². The lowest BCUT2D eigenvalue weighted by atomic mass is 9.97. The summed E-state index contributed by atoms with van der Waals surface area (Å²) < 4.78 is 5.16. The maximum Gasteiger partial charge on any atom is 0.341 e. The van der Waals surface area contributed by atoms with Crippen LogP contribution in [-0.4, -0.2) is 23.5 Å². The van der Waals surface area contributed by atoms with Gasteiger partial charge in [0.2, 0.25) is 0 Å². The summed E-state index contributed by atoms with van der Waals surface area (Å²) in [6, 6.07) is 3.54. The Morgan fingerprint density at radius 2 is 2.24 bits per heavy atom. The van der Waals surface area contributed by atoms with Gasteiger partial charge in [-0.1, -0.05) is 13.0 Å². The van der Waals surface area contributed by atoms with Gasteiger partial charge in [-0.25, -0.2) is 4.79 Å². The molecule has 0 aliphatic heterocycles. The summed E-state index contributed by atoms with van der Waals surface area (Å²) in [6.45, 7) is 3.53. The molecule has 0 radical (unpaired) electrons. The Morgan fingerprint density at radius 3 is 2.88 bits per heavy atom. The monoisotopic (exact) mass is 234 g/mol. The summed E-state index contributed by atoms with van der Waals surface area (Å²) in [4.78, 5) is 22.3. The second-order valence-corrected chi connectivity index (χ2v) is 4.38. The van der Waals surface area contributed by atoms with Crippen molar-refractivity contribution in [1.82, 2.24) is 0 Å². The van der Waals surface area contributed by atoms with Crippen LogP contribution in [0, 0.1) is 6.92 Å². The zero-order valence-corrected chi connectivity index (χ0v) is 9.82. The number of fused-ring (bicyclic) bond motifs is 1. The maximum absolute atomic E-state index is 11.9. The molecule has 0 unspecified atom stereocenters. The summed E-state index contributed by atoms with van der Waals surface area (Å²) >= 11 is 0. The van der Waals surface area contributed by atoms with Gasteiger partial charge in [0.1, 0.15) is 5.75 Å². The molecule has 17 heavy (non-hydrogen) atoms. The molecular formula is C13H14O4. The Kier molecular flexibility index (Phi) is 2.88. The van der Waals surface area contributed by atoms with E-state index in [1.165, 1.54) is 0 Å². The molecule has 4 heteroatoms. The van der Waals surface area contributed by atoms with Crippen molar-refractivity contribution in [2.75, 3.05) is 6.61 Å². The van der Waals surface area contributed by atoms with Crippen LogP contribution in [0.15, 0.2) is 12.1 Å². The Balaban J connectivity index is 2.42. The van der Waals surface area contributed by atoms with Crippen molar-refractivity contribution in [1.29, 1.82) is 0 Å². The summed E-state index contributed by atoms with van der Waals surface area (Å²) in [5.74, 6) is -0.428. The minimum atomic E-state index is -1.04. The number of hydrogen-bond donors (Lipinski definition) is 1. The molecule has 1 N–H and O–H groups in total. The number of Topliss-reactive ketones (excluding diaryl/α,β-unsaturated/α-hetero) is 1. The molecule has 90 valence electrons. The van der Waals surface area contributed by atoms with E-state index in [1.54, 1.807) is 6.07 Å². The summed E-state index contributed by atoms with van der Waals surface area (Å²) in [5.41, 5.74) is 2.62. The van der Waals surface area contributed by atoms with Crippen molar-refractivity contribution in [2.45, 2.75) is 26.2 Å². The predicted molar refractivity (Wildman–Crippen MR) is 61.7 cm³/mol. The molecule has 1 aromatic rings. The quantitative estimate of drug-likeness (QED) is 0.870. The highest BCUT2D eigenvalue weighted by atomic mass is 16.5. The van der Waals surface area contributed by atoms with Gasteiger partial charge in [-0.15, -0.1) is 0 Å². The SMILES string of the molecule is Cc1ccc(OCC(=O)O)c2c1[C@@H](C)CC2=O. The number of rotatable bonds is 3. The molecule has 1 aliphatic rings. The number of carbonyl (C=O) groups excluding carboxylic acids is 1. The number of carbonyl (C=O) groups is 2. The Morgan fingerprint density at radius 1 is 1.53 bits per heavy atom. The molecule has 1 aliphatic carbocycles. The lowest BCUT2D eigenvalue weighted by Crippen LogP contribution is -2.11. The highest BCUT2D eigenvalue weighted by molar-refractivity contribution is 6.04. The van der Waals surface area contributed by atoms with Crippen LogP contribution in [0.25, 0.3) is 0 Å². The van der Waals surface area contributed by atoms with Crippen molar-refractivity contribution in [3.63, 3.8) is 0 Å². The molecule has 1 atom stereocenters. The highest BCUT2D eigenvalue weighted by Gasteiger charge is 2.31. The van der Waals surface area contributed by atoms with Gasteiger partial charge in [0, 0.05) is 6.42 Å². The van der Waals surface area contributed by atoms with E-state index in [9.17, 15) is 9.59 Å². The average Bonchev–Trinajstić information content (AvgIpc) is 2.55. The third kappa shape index (κ3) is 2.02. The fraction of sp³-hybridized carbons (Fsp3) is 0.385. The van der Waals surface area contributed by atoms with Crippen molar-refractivity contribution >= 4 is 11.8 Å². The lowest BCUT2D eigenvalue weighted by Gasteiger charge is -2.12. The zero-order chi connectivity index (χ0) is 12.6. The first kappa shape index (κ1) is 11.6. The van der Waals surface area contributed by atoms with E-state index in [2.05, 4.69) is 0 Å². The van der Waals surface area contributed by atoms with Crippen LogP contribution in [0.4, 0.5) is 0 Å². The number of benzene rings is 1. The Bertz CT molecular complexity index is 490. The van der Waals surface area contributed by atoms with Gasteiger partial charge in [-0.3, -0.25) is 4.79 Å². The lowest BCUT2D eigenvalue weighted by molar-refractivity contribution is -0.139. The fourth-order valence-electron chi connectivity index (χ4n) is 2.37. The van der Waals surface area contributed by atoms with E-state index in [0.717, 1.165) is 11.1 Å². The Hall–Kier alpha value is -1.84. The van der Waals surface area contributed by atoms with Gasteiger partial charge < -0.3 is 9.84 Å². The van der Waals surface area contributed by atoms with E-state index < -0.39 is 12.6 Å². The molecule has 1 aromatic carbocycles. The molecule has 0 amide bonds. The van der Waals surface area contributed by atoms with Gasteiger partial charge >= 0.3 is 5.97 Å². The second kappa shape index (κ2) is 4.20. The normalized spacial score (nSPS) is 18.0. The summed E-state index contributed by atoms with van der Waals surface area (Å²) in [6.07, 6.45) is 0.476. The first-order valence-corrected chi connectivity index (χ1v) is 5.52. The van der Waals surface area contributed by atoms with Crippen molar-refractivity contribution in [3.8, 4) is 5.75 Å². The van der Waals surface area contributed by atoms with E-state index >= 15 is 0 Å². The Labute approximate surface area is 99.2 Å². The molecule has 4 nitrogen and oxygen atoms in total. The number of carboxylic acids is 1. The molecule has 0 saturated heterocycles. The number of ketones is 1. The molecule has 2 rings (SSSR count). The molecule has 0 spiro atoms. The number of carboxylic acid groups (broad SMARTS) is 1. The third-order valence-corrected chi connectivity index (χ3v) is 3.04. The van der Waals surface area contributed by atoms with Gasteiger partial charge in [0.05, 0.1) is 5.56 Å². The topological polar surface area (TPSA) is 63.6 Å². The largest absolute Gasteiger partial charge is 0.481 e. The second-order valence-electron chi connectivity index (χ2n) is 4.38. The molecule has 0 saturated carbocycles. The number of aryl methyl sites for hydroxylation is 1. The first-order valence-electron chi connectivity index (χ1n) is 5.52. The minimum absolute atomic E-state index is 0.0385. The van der Waals surface area contributed by atoms with Crippen LogP contribution in [-0.2, 0) is 4.79 Å². The van der Waals surface area contributed by atoms with Crippen molar-refractivity contribution < 1.29 is 19.4 Å². The standard InChI is InChI=1S/C13H14O4/c1-7-3-4-10(17-6-11(15)16)13-9(14)5-8(2)12(7)13/h3-4,8H,5-6H2,1-2H3,(H,15,16)/t8-/m0/s1. The van der Waals surface area contributed by atoms with Crippen LogP contribution in [0.3, 0.4) is 0 Å². The molecule has 0 heterocycles. The average molecular weight is 234 g/mol. The number of ether oxygens (including phenoxy) is 1. The fourth-order valence-corrected chi connectivity index (χ4v) is 2.37. The highest BCUT2D eigenvalue weighted by Crippen LogP contribution is 2.40. The molecule has 0 fully saturated rings. The number of hydrogen-bond acceptors (Lipinski definition) is 3. The zero-order valence-electron chi connectivity index (χ0n) is 9.82. The van der Waals surface area contributed by atoms with Crippen LogP contribution < -0.4 is 4.74 Å². The molecular weight excluding hydrogens is 220 g/mol. The van der Waals surface area contributed by atoms with E-state index in [-0.39, 0.29) is 11.7 Å². The minimum Gasteiger partial charge on any atom is -0.481 e. The maximum atomic E-state index is 11.9. The van der Waals surface area contributed by atoms with Crippen LogP contribution >= 0.6 is 0 Å². The first-order chi connectivity index (χ1) is 8.00. The number of aliphatic carboxylic acids is 1. The van der Waals surface area contributed by atoms with E-state index in [0.29, 0.717) is 17.7 Å². The molecule has 0 aromatic heterocycles. The van der Waals surface area contributed by atoms with Gasteiger partial charge in [-0.05, 0) is 30.0 Å². The third-order valence-electron chi connectivity index (χ3n) is 3.04. The summed E-state index contributed by atoms with van der Waals surface area (Å²) in [7, 11) is 0. The van der Waals surface area contributed by atoms with Gasteiger partial charge in [-0.2, -0.15) is 0 Å². The van der Waals surface area contributed by atoms with Gasteiger partial charge in [0.25, 0.3) is 0 Å². The smallest absolute Gasteiger partial charge is 0.341 e. The van der Waals surface area contributed by atoms with Crippen molar-refractivity contribution in [3.05, 3.63) is 28.8 Å². The van der Waals surface area contributed by atoms with Crippen LogP contribution in [0.5, 0.6) is 5.75 Å². The summed E-state index contributed by atoms with van der Waals surface area (Å²) in [5, 5.41) is 8.59. The van der Waals surface area contributed by atoms with E-state index in [1.807, 2.05) is 19.9 Å². The van der Waals surface area contributed by atoms with Crippen LogP contribution in [0.2, 0.25) is 0 Å². The molecule has 0 bridgehead atoms. The van der Waals surface area contributed by atoms with Gasteiger partial charge in [0.15, 0.2) is 12.4 Å². The predicted octanol–water partition coefficient (Wildman–Crippen LogP) is 2.15.